The molecule has 0 radical (unpaired) electrons. The maximum atomic E-state index is 11.0. The lowest BCUT2D eigenvalue weighted by molar-refractivity contribution is 0.0682. The van der Waals surface area contributed by atoms with Crippen molar-refractivity contribution >= 4 is 5.97 Å². The van der Waals surface area contributed by atoms with Gasteiger partial charge in [-0.1, -0.05) is 0 Å². The molecule has 0 saturated carbocycles. The number of fused-ring (bicyclic) bond motifs is 1. The number of β-amino-alcohol motifs (C(OH)–C–C–N with tert-alkyl or cyclic N) is 1. The molecule has 5 N–H and O–H groups in total. The van der Waals surface area contributed by atoms with Gasteiger partial charge in [0.25, 0.3) is 0 Å². The number of phenols is 2. The summed E-state index contributed by atoms with van der Waals surface area (Å²) in [4.78, 5) is 11.0. The molecule has 0 saturated heterocycles. The zero-order valence-electron chi connectivity index (χ0n) is 8.27. The minimum Gasteiger partial charge on any atom is -0.504 e. The minimum atomic E-state index is -1.37. The average molecular weight is 225 g/mol. The summed E-state index contributed by atoms with van der Waals surface area (Å²) in [5.74, 6) is -2.56. The Labute approximate surface area is 90.8 Å². The van der Waals surface area contributed by atoms with Crippen LogP contribution in [-0.4, -0.2) is 32.9 Å². The van der Waals surface area contributed by atoms with Crippen LogP contribution in [0.2, 0.25) is 0 Å². The second-order valence-corrected chi connectivity index (χ2v) is 3.64. The lowest BCUT2D eigenvalue weighted by Crippen LogP contribution is -2.29. The largest absolute Gasteiger partial charge is 0.504 e. The van der Waals surface area contributed by atoms with Gasteiger partial charge in [-0.25, -0.2) is 4.79 Å². The van der Waals surface area contributed by atoms with Crippen molar-refractivity contribution in [2.75, 3.05) is 6.54 Å². The van der Waals surface area contributed by atoms with E-state index in [4.69, 9.17) is 5.11 Å². The van der Waals surface area contributed by atoms with E-state index in [0.717, 1.165) is 0 Å². The van der Waals surface area contributed by atoms with Gasteiger partial charge < -0.3 is 25.7 Å². The summed E-state index contributed by atoms with van der Waals surface area (Å²) in [6.45, 7) is 0.567. The highest BCUT2D eigenvalue weighted by Gasteiger charge is 2.29. The van der Waals surface area contributed by atoms with E-state index in [2.05, 4.69) is 5.32 Å². The quantitative estimate of drug-likeness (QED) is 0.428. The highest BCUT2D eigenvalue weighted by Crippen LogP contribution is 2.38. The van der Waals surface area contributed by atoms with Gasteiger partial charge in [-0.3, -0.25) is 0 Å². The van der Waals surface area contributed by atoms with Crippen molar-refractivity contribution in [3.8, 4) is 11.5 Å². The molecule has 6 heteroatoms. The zero-order valence-corrected chi connectivity index (χ0v) is 8.27. The van der Waals surface area contributed by atoms with E-state index in [-0.39, 0.29) is 12.1 Å². The van der Waals surface area contributed by atoms with Crippen LogP contribution in [0.3, 0.4) is 0 Å². The van der Waals surface area contributed by atoms with Crippen molar-refractivity contribution in [1.82, 2.24) is 5.32 Å². The van der Waals surface area contributed by atoms with Crippen molar-refractivity contribution in [2.45, 2.75) is 12.6 Å². The second kappa shape index (κ2) is 3.66. The predicted molar refractivity (Wildman–Crippen MR) is 53.4 cm³/mol. The van der Waals surface area contributed by atoms with Crippen LogP contribution in [0.5, 0.6) is 11.5 Å². The lowest BCUT2D eigenvalue weighted by Gasteiger charge is -2.24. The van der Waals surface area contributed by atoms with Crippen molar-refractivity contribution in [1.29, 1.82) is 0 Å². The third-order valence-electron chi connectivity index (χ3n) is 2.61. The summed E-state index contributed by atoms with van der Waals surface area (Å²) < 4.78 is 0. The van der Waals surface area contributed by atoms with E-state index in [1.807, 2.05) is 0 Å². The molecule has 0 bridgehead atoms. The Balaban J connectivity index is 2.73. The number of rotatable bonds is 1. The average Bonchev–Trinajstić information content (AvgIpc) is 2.20. The number of aromatic carboxylic acids is 1. The smallest absolute Gasteiger partial charge is 0.340 e. The zero-order chi connectivity index (χ0) is 11.9. The number of aliphatic hydroxyl groups is 1. The van der Waals surface area contributed by atoms with E-state index in [0.29, 0.717) is 12.1 Å². The molecule has 86 valence electrons. The first-order valence-corrected chi connectivity index (χ1v) is 4.72. The number of phenolic OH excluding ortho intramolecular Hbond substituents is 1. The Kier molecular flexibility index (Phi) is 2.45. The molecule has 1 aliphatic rings. The summed E-state index contributed by atoms with van der Waals surface area (Å²) in [5, 5.41) is 40.4. The van der Waals surface area contributed by atoms with Crippen LogP contribution in [-0.2, 0) is 6.54 Å². The van der Waals surface area contributed by atoms with Gasteiger partial charge in [-0.2, -0.15) is 0 Å². The number of carboxylic acids is 1. The number of hydrogen-bond donors (Lipinski definition) is 5. The third kappa shape index (κ3) is 1.48. The Bertz CT molecular complexity index is 457. The first kappa shape index (κ1) is 10.7. The van der Waals surface area contributed by atoms with E-state index < -0.39 is 29.1 Å². The molecule has 1 heterocycles. The van der Waals surface area contributed by atoms with E-state index in [1.54, 1.807) is 0 Å². The number of aliphatic hydroxyl groups excluding tert-OH is 1. The fourth-order valence-corrected chi connectivity index (χ4v) is 1.92. The standard InChI is InChI=1S/C10H11NO5/c12-5-1-4-2-11-3-6(13)7(4)8(9(5)14)10(15)16/h1,6,11-14H,2-3H2,(H,15,16)/t6-/m0/s1. The molecule has 1 aromatic carbocycles. The molecule has 0 fully saturated rings. The molecular formula is C10H11NO5. The molecule has 0 amide bonds. The molecule has 0 spiro atoms. The summed E-state index contributed by atoms with van der Waals surface area (Å²) >= 11 is 0. The Morgan fingerprint density at radius 1 is 1.44 bits per heavy atom. The Hall–Kier alpha value is -1.79. The van der Waals surface area contributed by atoms with Crippen molar-refractivity contribution in [2.24, 2.45) is 0 Å². The number of carboxylic acid groups (broad SMARTS) is 1. The van der Waals surface area contributed by atoms with Crippen LogP contribution in [0.25, 0.3) is 0 Å². The fraction of sp³-hybridized carbons (Fsp3) is 0.300. The summed E-state index contributed by atoms with van der Waals surface area (Å²) in [6.07, 6.45) is -0.999. The molecule has 1 aliphatic heterocycles. The maximum absolute atomic E-state index is 11.0. The molecule has 1 aromatic rings. The summed E-state index contributed by atoms with van der Waals surface area (Å²) in [6, 6.07) is 1.26. The molecular weight excluding hydrogens is 214 g/mol. The number of nitrogens with one attached hydrogen (secondary N) is 1. The van der Waals surface area contributed by atoms with Gasteiger partial charge in [0.05, 0.1) is 6.10 Å². The first-order chi connectivity index (χ1) is 7.52. The van der Waals surface area contributed by atoms with Crippen LogP contribution >= 0.6 is 0 Å². The first-order valence-electron chi connectivity index (χ1n) is 4.72. The summed E-state index contributed by atoms with van der Waals surface area (Å²) in [5.41, 5.74) is 0.219. The normalized spacial score (nSPS) is 19.2. The second-order valence-electron chi connectivity index (χ2n) is 3.64. The molecule has 0 unspecified atom stereocenters. The molecule has 1 atom stereocenters. The van der Waals surface area contributed by atoms with Crippen LogP contribution in [0, 0.1) is 0 Å². The monoisotopic (exact) mass is 225 g/mol. The molecule has 0 aromatic heterocycles. The number of hydrogen-bond acceptors (Lipinski definition) is 5. The Morgan fingerprint density at radius 2 is 2.12 bits per heavy atom. The molecule has 0 aliphatic carbocycles. The topological polar surface area (TPSA) is 110 Å². The Morgan fingerprint density at radius 3 is 2.75 bits per heavy atom. The van der Waals surface area contributed by atoms with Crippen LogP contribution in [0.15, 0.2) is 6.07 Å². The van der Waals surface area contributed by atoms with Gasteiger partial charge in [0.15, 0.2) is 11.5 Å². The lowest BCUT2D eigenvalue weighted by atomic mass is 9.92. The molecule has 2 rings (SSSR count). The van der Waals surface area contributed by atoms with Crippen molar-refractivity contribution in [3.63, 3.8) is 0 Å². The van der Waals surface area contributed by atoms with Crippen LogP contribution in [0.1, 0.15) is 27.6 Å². The summed E-state index contributed by atoms with van der Waals surface area (Å²) in [7, 11) is 0. The van der Waals surface area contributed by atoms with Gasteiger partial charge in [0.1, 0.15) is 5.56 Å². The van der Waals surface area contributed by atoms with Gasteiger partial charge in [0, 0.05) is 18.7 Å². The fourth-order valence-electron chi connectivity index (χ4n) is 1.92. The van der Waals surface area contributed by atoms with E-state index >= 15 is 0 Å². The highest BCUT2D eigenvalue weighted by molar-refractivity contribution is 5.94. The SMILES string of the molecule is O=C(O)c1c(O)c(O)cc2c1[C@@H](O)CNC2. The van der Waals surface area contributed by atoms with E-state index in [1.165, 1.54) is 6.07 Å². The minimum absolute atomic E-state index is 0.168. The predicted octanol–water partition coefficient (Wildman–Crippen LogP) is -0.0674. The van der Waals surface area contributed by atoms with Crippen LogP contribution in [0.4, 0.5) is 0 Å². The van der Waals surface area contributed by atoms with Crippen molar-refractivity contribution in [3.05, 3.63) is 22.8 Å². The van der Waals surface area contributed by atoms with Gasteiger partial charge in [0.2, 0.25) is 0 Å². The molecule has 16 heavy (non-hydrogen) atoms. The number of aromatic hydroxyl groups is 2. The van der Waals surface area contributed by atoms with Crippen LogP contribution < -0.4 is 5.32 Å². The van der Waals surface area contributed by atoms with Gasteiger partial charge >= 0.3 is 5.97 Å². The number of benzene rings is 1. The van der Waals surface area contributed by atoms with Gasteiger partial charge in [-0.15, -0.1) is 0 Å². The molecule has 6 nitrogen and oxygen atoms in total. The van der Waals surface area contributed by atoms with Crippen molar-refractivity contribution < 1.29 is 25.2 Å². The van der Waals surface area contributed by atoms with Gasteiger partial charge in [-0.05, 0) is 11.6 Å². The highest BCUT2D eigenvalue weighted by atomic mass is 16.4. The maximum Gasteiger partial charge on any atom is 0.340 e. The van der Waals surface area contributed by atoms with E-state index in [9.17, 15) is 20.1 Å². The third-order valence-corrected chi connectivity index (χ3v) is 2.61. The number of carbonyl (C=O) groups is 1.